The van der Waals surface area contributed by atoms with Crippen LogP contribution in [0, 0.1) is 40.4 Å². The van der Waals surface area contributed by atoms with E-state index in [-0.39, 0.29) is 60.7 Å². The minimum Gasteiger partial charge on any atom is -0.456 e. The topological polar surface area (TPSA) is 288 Å². The monoisotopic (exact) mass is 968 g/mol. The first-order valence-corrected chi connectivity index (χ1v) is 24.4. The SMILES string of the molecule is C=C1CO[C@@]2(O[C@H]3C[C@H]4[C@@H]5CC=C6C[C@@H](O)C[C@@H](O[C@@H]7OC[C@H](O)[C@H](O)[C@H]7O[C@@H]7O[C@@H](C)[C@H](OC(C)=O)[C@@H](OC(C)=O)[C@H]7O)[C@]6(C)[C@H]5CC[C@]4(C)[C@H]3[C@@H]2C)[C@@H](O)C1O[C@@H]1O[C@H](C)[C@H](O)[C@H](O)[C@H]1O. The molecule has 8 N–H and O–H groups in total. The molecule has 5 heterocycles. The van der Waals surface area contributed by atoms with E-state index in [1.165, 1.54) is 6.92 Å². The van der Waals surface area contributed by atoms with Crippen LogP contribution in [0.25, 0.3) is 0 Å². The van der Waals surface area contributed by atoms with Gasteiger partial charge in [0.2, 0.25) is 5.79 Å². The summed E-state index contributed by atoms with van der Waals surface area (Å²) >= 11 is 0. The van der Waals surface area contributed by atoms with Crippen molar-refractivity contribution in [1.29, 1.82) is 0 Å². The summed E-state index contributed by atoms with van der Waals surface area (Å²) in [5.74, 6) is -2.78. The maximum Gasteiger partial charge on any atom is 0.303 e. The van der Waals surface area contributed by atoms with Crippen molar-refractivity contribution in [2.75, 3.05) is 13.2 Å². The molecule has 0 radical (unpaired) electrons. The van der Waals surface area contributed by atoms with Crippen LogP contribution in [0.2, 0.25) is 0 Å². The number of esters is 2. The lowest BCUT2D eigenvalue weighted by Crippen LogP contribution is -2.64. The first-order valence-electron chi connectivity index (χ1n) is 24.4. The van der Waals surface area contributed by atoms with E-state index in [4.69, 9.17) is 47.4 Å². The molecule has 0 bridgehead atoms. The third-order valence-corrected chi connectivity index (χ3v) is 17.8. The molecule has 0 aromatic rings. The van der Waals surface area contributed by atoms with Gasteiger partial charge in [-0.2, -0.15) is 0 Å². The van der Waals surface area contributed by atoms with Crippen LogP contribution in [-0.4, -0.2) is 188 Å². The Hall–Kier alpha value is -2.22. The Kier molecular flexibility index (Phi) is 13.9. The van der Waals surface area contributed by atoms with Crippen molar-refractivity contribution in [2.24, 2.45) is 40.4 Å². The number of aliphatic hydroxyl groups is 8. The molecule has 68 heavy (non-hydrogen) atoms. The van der Waals surface area contributed by atoms with Crippen LogP contribution in [0.4, 0.5) is 0 Å². The Morgan fingerprint density at radius 2 is 1.44 bits per heavy atom. The van der Waals surface area contributed by atoms with Crippen molar-refractivity contribution in [2.45, 2.75) is 209 Å². The molecule has 9 rings (SSSR count). The summed E-state index contributed by atoms with van der Waals surface area (Å²) < 4.78 is 61.2. The third kappa shape index (κ3) is 8.23. The molecule has 5 saturated heterocycles. The quantitative estimate of drug-likeness (QED) is 0.116. The van der Waals surface area contributed by atoms with Gasteiger partial charge in [0.1, 0.15) is 54.9 Å². The summed E-state index contributed by atoms with van der Waals surface area (Å²) in [4.78, 5) is 24.1. The second kappa shape index (κ2) is 18.7. The van der Waals surface area contributed by atoms with Gasteiger partial charge in [0.05, 0.1) is 43.7 Å². The first kappa shape index (κ1) is 50.7. The lowest BCUT2D eigenvalue weighted by molar-refractivity contribution is -0.363. The Bertz CT molecular complexity index is 1940. The molecule has 1 spiro atoms. The maximum absolute atomic E-state index is 12.2. The van der Waals surface area contributed by atoms with E-state index in [0.29, 0.717) is 18.4 Å². The van der Waals surface area contributed by atoms with Crippen LogP contribution in [0.3, 0.4) is 0 Å². The lowest BCUT2D eigenvalue weighted by atomic mass is 9.46. The highest BCUT2D eigenvalue weighted by Crippen LogP contribution is 2.71. The average molecular weight is 969 g/mol. The summed E-state index contributed by atoms with van der Waals surface area (Å²) in [6.07, 6.45) is -17.2. The summed E-state index contributed by atoms with van der Waals surface area (Å²) in [5, 5.41) is 88.7. The molecule has 20 heteroatoms. The second-order valence-electron chi connectivity index (χ2n) is 21.7. The molecule has 384 valence electrons. The van der Waals surface area contributed by atoms with Gasteiger partial charge in [0, 0.05) is 31.6 Å². The van der Waals surface area contributed by atoms with Crippen LogP contribution in [0.15, 0.2) is 23.8 Å². The van der Waals surface area contributed by atoms with Crippen LogP contribution in [0.5, 0.6) is 0 Å². The highest BCUT2D eigenvalue weighted by molar-refractivity contribution is 5.67. The number of rotatable bonds is 8. The number of allylic oxidation sites excluding steroid dienone is 1. The predicted octanol–water partition coefficient (Wildman–Crippen LogP) is -0.145. The molecular weight excluding hydrogens is 897 g/mol. The van der Waals surface area contributed by atoms with Crippen molar-refractivity contribution < 1.29 is 97.8 Å². The lowest BCUT2D eigenvalue weighted by Gasteiger charge is -2.60. The van der Waals surface area contributed by atoms with E-state index in [1.54, 1.807) is 13.8 Å². The normalized spacial score (nSPS) is 54.5. The number of fused-ring (bicyclic) bond motifs is 7. The van der Waals surface area contributed by atoms with Gasteiger partial charge in [0.25, 0.3) is 0 Å². The zero-order chi connectivity index (χ0) is 49.1. The molecular formula is C48H72O20. The first-order chi connectivity index (χ1) is 32.0. The van der Waals surface area contributed by atoms with Gasteiger partial charge in [-0.1, -0.05) is 39.0 Å². The fraction of sp³-hybridized carbons (Fsp3) is 0.875. The number of hydrogen-bond donors (Lipinski definition) is 8. The van der Waals surface area contributed by atoms with Crippen molar-refractivity contribution in [1.82, 2.24) is 0 Å². The maximum atomic E-state index is 12.2. The van der Waals surface area contributed by atoms with Crippen molar-refractivity contribution in [3.8, 4) is 0 Å². The zero-order valence-electron chi connectivity index (χ0n) is 39.8. The van der Waals surface area contributed by atoms with E-state index in [9.17, 15) is 50.4 Å². The number of carbonyl (C=O) groups is 2. The number of carbonyl (C=O) groups excluding carboxylic acids is 2. The van der Waals surface area contributed by atoms with Crippen LogP contribution < -0.4 is 0 Å². The molecule has 0 aromatic heterocycles. The largest absolute Gasteiger partial charge is 0.456 e. The standard InChI is InChI=1S/C48H72O20/c1-18-16-60-48(42(58)38(18)66-43-36(56)35(55)33(53)20(3)61-43)19(2)32-30(68-48)15-28-26-10-9-24-13-25(51)14-31(47(24,8)27(26)11-12-46(28,32)7)65-45-41(34(54)29(52)17-59-45)67-44-37(57)40(64-23(6)50)39(21(4)62-44)63-22(5)49/h9,19-21,25-45,51-58H,1,10-17H2,2-8H3/t19-,20+,21-,25+,26+,27-,28-,29-,30-,31+,32-,33-,34-,35-,36+,37+,38?,39-,40-,41+,42-,43-,44-,45-,46-,47-,48-/m0/s1. The summed E-state index contributed by atoms with van der Waals surface area (Å²) in [6.45, 7) is 15.8. The van der Waals surface area contributed by atoms with Gasteiger partial charge in [-0.05, 0) is 80.6 Å². The zero-order valence-corrected chi connectivity index (χ0v) is 39.8. The number of aliphatic hydroxyl groups excluding tert-OH is 8. The molecule has 4 aliphatic carbocycles. The van der Waals surface area contributed by atoms with Crippen LogP contribution >= 0.6 is 0 Å². The summed E-state index contributed by atoms with van der Waals surface area (Å²) in [5.41, 5.74) is 0.624. The van der Waals surface area contributed by atoms with Gasteiger partial charge >= 0.3 is 11.9 Å². The fourth-order valence-electron chi connectivity index (χ4n) is 14.4. The third-order valence-electron chi connectivity index (χ3n) is 17.8. The van der Waals surface area contributed by atoms with E-state index in [2.05, 4.69) is 26.5 Å². The summed E-state index contributed by atoms with van der Waals surface area (Å²) in [6, 6.07) is 0. The highest BCUT2D eigenvalue weighted by Gasteiger charge is 2.72. The van der Waals surface area contributed by atoms with Crippen molar-refractivity contribution in [3.63, 3.8) is 0 Å². The molecule has 3 saturated carbocycles. The van der Waals surface area contributed by atoms with Gasteiger partial charge in [-0.3, -0.25) is 9.59 Å². The molecule has 8 fully saturated rings. The van der Waals surface area contributed by atoms with Gasteiger partial charge in [-0.15, -0.1) is 0 Å². The number of hydrogen-bond acceptors (Lipinski definition) is 20. The van der Waals surface area contributed by atoms with E-state index in [1.807, 2.05) is 6.92 Å². The second-order valence-corrected chi connectivity index (χ2v) is 21.7. The van der Waals surface area contributed by atoms with E-state index in [0.717, 1.165) is 31.8 Å². The Morgan fingerprint density at radius 3 is 2.15 bits per heavy atom. The molecule has 1 unspecified atom stereocenters. The molecule has 9 aliphatic rings. The Morgan fingerprint density at radius 1 is 0.765 bits per heavy atom. The van der Waals surface area contributed by atoms with Crippen LogP contribution in [-0.2, 0) is 57.0 Å². The van der Waals surface area contributed by atoms with Crippen molar-refractivity contribution >= 4 is 11.9 Å². The van der Waals surface area contributed by atoms with Gasteiger partial charge < -0.3 is 88.2 Å². The fourth-order valence-corrected chi connectivity index (χ4v) is 14.4. The number of ether oxygens (including phenoxy) is 10. The van der Waals surface area contributed by atoms with Crippen LogP contribution in [0.1, 0.15) is 87.0 Å². The van der Waals surface area contributed by atoms with Gasteiger partial charge in [0.15, 0.2) is 31.1 Å². The Balaban J connectivity index is 0.931. The minimum atomic E-state index is -1.69. The van der Waals surface area contributed by atoms with Crippen molar-refractivity contribution in [3.05, 3.63) is 23.8 Å². The molecule has 0 aromatic carbocycles. The molecule has 0 amide bonds. The summed E-state index contributed by atoms with van der Waals surface area (Å²) in [7, 11) is 0. The van der Waals surface area contributed by atoms with Gasteiger partial charge in [-0.25, -0.2) is 0 Å². The van der Waals surface area contributed by atoms with E-state index >= 15 is 0 Å². The molecule has 27 atom stereocenters. The van der Waals surface area contributed by atoms with E-state index < -0.39 is 134 Å². The predicted molar refractivity (Wildman–Crippen MR) is 230 cm³/mol. The minimum absolute atomic E-state index is 0.0182. The smallest absolute Gasteiger partial charge is 0.303 e. The highest BCUT2D eigenvalue weighted by atomic mass is 16.8. The molecule has 20 nitrogen and oxygen atoms in total. The average Bonchev–Trinajstić information content (AvgIpc) is 3.74. The molecule has 5 aliphatic heterocycles. The Labute approximate surface area is 395 Å².